The summed E-state index contributed by atoms with van der Waals surface area (Å²) in [6, 6.07) is 0. The second-order valence-electron chi connectivity index (χ2n) is 3.18. The number of carbonyl (C=O) groups excluding carboxylic acids is 1. The molecule has 0 aliphatic heterocycles. The van der Waals surface area contributed by atoms with E-state index in [1.807, 2.05) is 13.2 Å². The van der Waals surface area contributed by atoms with Crippen LogP contribution in [0.5, 0.6) is 0 Å². The van der Waals surface area contributed by atoms with Crippen LogP contribution in [0.3, 0.4) is 0 Å². The fourth-order valence-electron chi connectivity index (χ4n) is 1.10. The minimum Gasteiger partial charge on any atom is -0.468 e. The maximum atomic E-state index is 11.4. The first-order valence-corrected chi connectivity index (χ1v) is 5.82. The summed E-state index contributed by atoms with van der Waals surface area (Å²) < 4.78 is 4.75. The molecule has 0 aliphatic rings. The van der Waals surface area contributed by atoms with Crippen molar-refractivity contribution in [1.29, 1.82) is 0 Å². The molecule has 1 unspecified atom stereocenters. The SMILES string of the molecule is CCCNC(C)(CSC)C(=O)OC. The maximum absolute atomic E-state index is 11.4. The zero-order valence-corrected chi connectivity index (χ0v) is 9.66. The van der Waals surface area contributed by atoms with E-state index in [-0.39, 0.29) is 5.97 Å². The van der Waals surface area contributed by atoms with Crippen LogP contribution in [-0.2, 0) is 9.53 Å². The van der Waals surface area contributed by atoms with Crippen molar-refractivity contribution in [3.05, 3.63) is 0 Å². The molecule has 1 atom stereocenters. The number of hydrogen-bond acceptors (Lipinski definition) is 4. The highest BCUT2D eigenvalue weighted by molar-refractivity contribution is 7.98. The van der Waals surface area contributed by atoms with Gasteiger partial charge in [-0.2, -0.15) is 11.8 Å². The maximum Gasteiger partial charge on any atom is 0.326 e. The van der Waals surface area contributed by atoms with Gasteiger partial charge in [0.05, 0.1) is 7.11 Å². The van der Waals surface area contributed by atoms with E-state index in [4.69, 9.17) is 4.74 Å². The summed E-state index contributed by atoms with van der Waals surface area (Å²) in [5.74, 6) is 0.551. The summed E-state index contributed by atoms with van der Waals surface area (Å²) in [5.41, 5.74) is -0.538. The first kappa shape index (κ1) is 12.8. The largest absolute Gasteiger partial charge is 0.468 e. The molecule has 1 N–H and O–H groups in total. The molecular formula is C9H19NO2S. The highest BCUT2D eigenvalue weighted by Gasteiger charge is 2.32. The number of methoxy groups -OCH3 is 1. The number of carbonyl (C=O) groups is 1. The number of esters is 1. The van der Waals surface area contributed by atoms with Crippen molar-refractivity contribution in [3.63, 3.8) is 0 Å². The lowest BCUT2D eigenvalue weighted by Crippen LogP contribution is -2.52. The molecule has 0 amide bonds. The second-order valence-corrected chi connectivity index (χ2v) is 4.05. The molecule has 0 aromatic rings. The van der Waals surface area contributed by atoms with Crippen molar-refractivity contribution >= 4 is 17.7 Å². The summed E-state index contributed by atoms with van der Waals surface area (Å²) in [4.78, 5) is 11.4. The Labute approximate surface area is 84.6 Å². The number of rotatable bonds is 6. The molecule has 0 aromatic heterocycles. The zero-order valence-electron chi connectivity index (χ0n) is 8.85. The molecule has 78 valence electrons. The van der Waals surface area contributed by atoms with Gasteiger partial charge in [0.25, 0.3) is 0 Å². The van der Waals surface area contributed by atoms with E-state index < -0.39 is 5.54 Å². The van der Waals surface area contributed by atoms with Gasteiger partial charge in [0.15, 0.2) is 0 Å². The topological polar surface area (TPSA) is 38.3 Å². The molecule has 0 bridgehead atoms. The molecule has 0 radical (unpaired) electrons. The van der Waals surface area contributed by atoms with Crippen LogP contribution in [0.25, 0.3) is 0 Å². The summed E-state index contributed by atoms with van der Waals surface area (Å²) in [6.07, 6.45) is 3.00. The third-order valence-corrected chi connectivity index (χ3v) is 2.70. The van der Waals surface area contributed by atoms with E-state index in [0.29, 0.717) is 0 Å². The first-order chi connectivity index (χ1) is 6.10. The highest BCUT2D eigenvalue weighted by atomic mass is 32.2. The van der Waals surface area contributed by atoms with Crippen LogP contribution in [0.4, 0.5) is 0 Å². The summed E-state index contributed by atoms with van der Waals surface area (Å²) in [6.45, 7) is 4.79. The molecule has 3 nitrogen and oxygen atoms in total. The van der Waals surface area contributed by atoms with Gasteiger partial charge < -0.3 is 10.1 Å². The van der Waals surface area contributed by atoms with Crippen LogP contribution >= 0.6 is 11.8 Å². The zero-order chi connectivity index (χ0) is 10.3. The summed E-state index contributed by atoms with van der Waals surface area (Å²) in [7, 11) is 1.43. The van der Waals surface area contributed by atoms with Crippen LogP contribution in [0, 0.1) is 0 Å². The second kappa shape index (κ2) is 6.27. The Bertz CT molecular complexity index is 164. The third-order valence-electron chi connectivity index (χ3n) is 1.83. The molecule has 0 aliphatic carbocycles. The van der Waals surface area contributed by atoms with Crippen molar-refractivity contribution < 1.29 is 9.53 Å². The molecule has 4 heteroatoms. The third kappa shape index (κ3) is 4.00. The average molecular weight is 205 g/mol. The minimum absolute atomic E-state index is 0.185. The molecule has 0 spiro atoms. The van der Waals surface area contributed by atoms with E-state index in [9.17, 15) is 4.79 Å². The van der Waals surface area contributed by atoms with Gasteiger partial charge >= 0.3 is 5.97 Å². The van der Waals surface area contributed by atoms with Gasteiger partial charge in [0, 0.05) is 5.75 Å². The Kier molecular flexibility index (Phi) is 6.16. The lowest BCUT2D eigenvalue weighted by Gasteiger charge is -2.26. The molecular weight excluding hydrogens is 186 g/mol. The molecule has 13 heavy (non-hydrogen) atoms. The Morgan fingerprint density at radius 1 is 1.62 bits per heavy atom. The van der Waals surface area contributed by atoms with E-state index in [1.165, 1.54) is 7.11 Å². The van der Waals surface area contributed by atoms with E-state index >= 15 is 0 Å². The van der Waals surface area contributed by atoms with Crippen molar-refractivity contribution in [3.8, 4) is 0 Å². The standard InChI is InChI=1S/C9H19NO2S/c1-5-6-10-9(2,7-13-4)8(11)12-3/h10H,5-7H2,1-4H3. The molecule has 0 saturated carbocycles. The van der Waals surface area contributed by atoms with Crippen LogP contribution in [0.2, 0.25) is 0 Å². The minimum atomic E-state index is -0.538. The van der Waals surface area contributed by atoms with Gasteiger partial charge in [-0.1, -0.05) is 6.92 Å². The predicted molar refractivity (Wildman–Crippen MR) is 57.1 cm³/mol. The van der Waals surface area contributed by atoms with Gasteiger partial charge in [0.2, 0.25) is 0 Å². The molecule has 0 saturated heterocycles. The van der Waals surface area contributed by atoms with E-state index in [1.54, 1.807) is 11.8 Å². The van der Waals surface area contributed by atoms with E-state index in [0.717, 1.165) is 18.7 Å². The van der Waals surface area contributed by atoms with Crippen molar-refractivity contribution in [1.82, 2.24) is 5.32 Å². The fourth-order valence-corrected chi connectivity index (χ4v) is 1.89. The van der Waals surface area contributed by atoms with Crippen molar-refractivity contribution in [2.45, 2.75) is 25.8 Å². The Morgan fingerprint density at radius 2 is 2.23 bits per heavy atom. The van der Waals surface area contributed by atoms with Crippen molar-refractivity contribution in [2.24, 2.45) is 0 Å². The van der Waals surface area contributed by atoms with Gasteiger partial charge in [-0.3, -0.25) is 4.79 Å². The quantitative estimate of drug-likeness (QED) is 0.663. The predicted octanol–water partition coefficient (Wildman–Crippen LogP) is 1.28. The Morgan fingerprint density at radius 3 is 2.62 bits per heavy atom. The van der Waals surface area contributed by atoms with Gasteiger partial charge in [0.1, 0.15) is 5.54 Å². The normalized spacial score (nSPS) is 15.1. The Balaban J connectivity index is 4.23. The van der Waals surface area contributed by atoms with Gasteiger partial charge in [-0.25, -0.2) is 0 Å². The highest BCUT2D eigenvalue weighted by Crippen LogP contribution is 2.12. The smallest absolute Gasteiger partial charge is 0.326 e. The number of ether oxygens (including phenoxy) is 1. The average Bonchev–Trinajstić information content (AvgIpc) is 2.14. The van der Waals surface area contributed by atoms with Crippen LogP contribution in [-0.4, -0.2) is 37.2 Å². The van der Waals surface area contributed by atoms with Crippen molar-refractivity contribution in [2.75, 3.05) is 25.7 Å². The van der Waals surface area contributed by atoms with Crippen LogP contribution in [0.1, 0.15) is 20.3 Å². The van der Waals surface area contributed by atoms with Gasteiger partial charge in [-0.15, -0.1) is 0 Å². The summed E-state index contributed by atoms with van der Waals surface area (Å²) in [5, 5.41) is 3.20. The number of hydrogen-bond donors (Lipinski definition) is 1. The van der Waals surface area contributed by atoms with Crippen LogP contribution in [0.15, 0.2) is 0 Å². The summed E-state index contributed by atoms with van der Waals surface area (Å²) >= 11 is 1.64. The molecule has 0 heterocycles. The lowest BCUT2D eigenvalue weighted by atomic mass is 10.1. The van der Waals surface area contributed by atoms with Gasteiger partial charge in [-0.05, 0) is 26.1 Å². The number of thioether (sulfide) groups is 1. The fraction of sp³-hybridized carbons (Fsp3) is 0.889. The molecule has 0 aromatic carbocycles. The Hall–Kier alpha value is -0.220. The first-order valence-electron chi connectivity index (χ1n) is 4.43. The number of nitrogens with one attached hydrogen (secondary N) is 1. The monoisotopic (exact) mass is 205 g/mol. The van der Waals surface area contributed by atoms with Crippen LogP contribution < -0.4 is 5.32 Å². The van der Waals surface area contributed by atoms with E-state index in [2.05, 4.69) is 12.2 Å². The molecule has 0 fully saturated rings. The lowest BCUT2D eigenvalue weighted by molar-refractivity contribution is -0.146. The molecule has 0 rings (SSSR count).